The second-order valence-electron chi connectivity index (χ2n) is 6.48. The summed E-state index contributed by atoms with van der Waals surface area (Å²) >= 11 is 0. The third-order valence-corrected chi connectivity index (χ3v) is 3.42. The maximum Gasteiger partial charge on any atom is 0.410 e. The Morgan fingerprint density at radius 2 is 1.52 bits per heavy atom. The number of likely N-dealkylation sites (tertiary alicyclic amines) is 1. The summed E-state index contributed by atoms with van der Waals surface area (Å²) in [5.74, 6) is -0.833. The van der Waals surface area contributed by atoms with Crippen LogP contribution in [-0.2, 0) is 23.8 Å². The number of ether oxygens (including phenoxy) is 3. The van der Waals surface area contributed by atoms with E-state index in [1.165, 1.54) is 4.90 Å². The van der Waals surface area contributed by atoms with E-state index in [4.69, 9.17) is 14.2 Å². The highest BCUT2D eigenvalue weighted by atomic mass is 16.6. The number of amides is 1. The lowest BCUT2D eigenvalue weighted by atomic mass is 9.84. The van der Waals surface area contributed by atoms with Crippen molar-refractivity contribution in [1.29, 1.82) is 0 Å². The van der Waals surface area contributed by atoms with Gasteiger partial charge in [0, 0.05) is 12.5 Å². The number of esters is 2. The van der Waals surface area contributed by atoms with E-state index in [9.17, 15) is 14.4 Å². The van der Waals surface area contributed by atoms with Crippen LogP contribution in [0.3, 0.4) is 0 Å². The van der Waals surface area contributed by atoms with Gasteiger partial charge in [0.25, 0.3) is 0 Å². The summed E-state index contributed by atoms with van der Waals surface area (Å²) in [7, 11) is 0. The molecule has 0 aliphatic carbocycles. The normalized spacial score (nSPS) is 20.5. The van der Waals surface area contributed by atoms with Crippen LogP contribution in [0.4, 0.5) is 4.79 Å². The Hall–Kier alpha value is -1.79. The van der Waals surface area contributed by atoms with Crippen molar-refractivity contribution in [2.45, 2.75) is 59.1 Å². The van der Waals surface area contributed by atoms with Crippen molar-refractivity contribution in [3.8, 4) is 0 Å². The second kappa shape index (κ2) is 8.17. The maximum absolute atomic E-state index is 12.2. The second-order valence-corrected chi connectivity index (χ2v) is 6.48. The molecule has 1 aliphatic rings. The van der Waals surface area contributed by atoms with Crippen LogP contribution < -0.4 is 0 Å². The third kappa shape index (κ3) is 6.08. The Kier molecular flexibility index (Phi) is 6.84. The number of rotatable bonds is 6. The fraction of sp³-hybridized carbons (Fsp3) is 0.812. The zero-order valence-electron chi connectivity index (χ0n) is 14.6. The highest BCUT2D eigenvalue weighted by molar-refractivity contribution is 5.76. The molecule has 0 saturated carbocycles. The highest BCUT2D eigenvalue weighted by Crippen LogP contribution is 2.32. The van der Waals surface area contributed by atoms with Crippen LogP contribution in [-0.4, -0.2) is 54.3 Å². The van der Waals surface area contributed by atoms with Crippen LogP contribution >= 0.6 is 0 Å². The molecule has 1 amide bonds. The molecule has 1 heterocycles. The van der Waals surface area contributed by atoms with Crippen molar-refractivity contribution < 1.29 is 28.6 Å². The molecule has 0 N–H and O–H groups in total. The van der Waals surface area contributed by atoms with Gasteiger partial charge < -0.3 is 19.1 Å². The van der Waals surface area contributed by atoms with Gasteiger partial charge in [0.2, 0.25) is 0 Å². The van der Waals surface area contributed by atoms with Crippen molar-refractivity contribution in [3.05, 3.63) is 0 Å². The highest BCUT2D eigenvalue weighted by Gasteiger charge is 2.45. The molecule has 1 fully saturated rings. The lowest BCUT2D eigenvalue weighted by Crippen LogP contribution is -2.60. The summed E-state index contributed by atoms with van der Waals surface area (Å²) in [6, 6.07) is -0.395. The van der Waals surface area contributed by atoms with Gasteiger partial charge in [-0.25, -0.2) is 4.79 Å². The largest absolute Gasteiger partial charge is 0.466 e. The molecule has 2 atom stereocenters. The van der Waals surface area contributed by atoms with Gasteiger partial charge in [-0.2, -0.15) is 0 Å². The monoisotopic (exact) mass is 329 g/mol. The fourth-order valence-electron chi connectivity index (χ4n) is 2.46. The molecule has 0 spiro atoms. The number of carbonyl (C=O) groups excluding carboxylic acids is 3. The van der Waals surface area contributed by atoms with Crippen LogP contribution in [0.1, 0.15) is 47.5 Å². The molecule has 1 rings (SSSR count). The quantitative estimate of drug-likeness (QED) is 0.548. The van der Waals surface area contributed by atoms with Crippen LogP contribution in [0.15, 0.2) is 0 Å². The summed E-state index contributed by atoms with van der Waals surface area (Å²) in [5.41, 5.74) is -0.613. The van der Waals surface area contributed by atoms with Gasteiger partial charge in [-0.1, -0.05) is 0 Å². The minimum atomic E-state index is -0.613. The minimum absolute atomic E-state index is 0.0527. The molecule has 1 saturated heterocycles. The van der Waals surface area contributed by atoms with Gasteiger partial charge in [-0.05, 0) is 34.6 Å². The number of hydrogen-bond acceptors (Lipinski definition) is 6. The molecule has 0 bridgehead atoms. The molecular formula is C16H27NO6. The molecule has 0 aromatic carbocycles. The minimum Gasteiger partial charge on any atom is -0.466 e. The predicted octanol–water partition coefficient (Wildman–Crippen LogP) is 2.13. The van der Waals surface area contributed by atoms with Crippen LogP contribution in [0, 0.1) is 5.92 Å². The molecule has 7 heteroatoms. The Labute approximate surface area is 137 Å². The van der Waals surface area contributed by atoms with E-state index >= 15 is 0 Å². The molecule has 7 nitrogen and oxygen atoms in total. The molecule has 1 aliphatic heterocycles. The summed E-state index contributed by atoms with van der Waals surface area (Å²) in [4.78, 5) is 37.0. The van der Waals surface area contributed by atoms with Crippen molar-refractivity contribution in [2.24, 2.45) is 5.92 Å². The number of nitrogens with zero attached hydrogens (tertiary/aromatic N) is 1. The number of hydrogen-bond donors (Lipinski definition) is 0. The van der Waals surface area contributed by atoms with Gasteiger partial charge in [-0.3, -0.25) is 9.59 Å². The van der Waals surface area contributed by atoms with E-state index in [0.717, 1.165) is 0 Å². The average molecular weight is 329 g/mol. The van der Waals surface area contributed by atoms with Gasteiger partial charge >= 0.3 is 18.0 Å². The Morgan fingerprint density at radius 1 is 1.00 bits per heavy atom. The summed E-state index contributed by atoms with van der Waals surface area (Å²) in [6.07, 6.45) is -0.249. The molecule has 2 unspecified atom stereocenters. The molecular weight excluding hydrogens is 302 g/mol. The lowest BCUT2D eigenvalue weighted by molar-refractivity contribution is -0.152. The average Bonchev–Trinajstić information content (AvgIpc) is 2.39. The van der Waals surface area contributed by atoms with Crippen LogP contribution in [0.2, 0.25) is 0 Å². The Morgan fingerprint density at radius 3 is 2.00 bits per heavy atom. The van der Waals surface area contributed by atoms with E-state index in [1.54, 1.807) is 34.6 Å². The predicted molar refractivity (Wildman–Crippen MR) is 82.7 cm³/mol. The third-order valence-electron chi connectivity index (χ3n) is 3.42. The summed E-state index contributed by atoms with van der Waals surface area (Å²) < 4.78 is 15.2. The van der Waals surface area contributed by atoms with Gasteiger partial charge in [0.15, 0.2) is 0 Å². The first-order chi connectivity index (χ1) is 10.7. The van der Waals surface area contributed by atoms with Crippen molar-refractivity contribution in [2.75, 3.05) is 19.8 Å². The molecule has 0 aromatic rings. The topological polar surface area (TPSA) is 82.1 Å². The Bertz CT molecular complexity index is 442. The van der Waals surface area contributed by atoms with Crippen LogP contribution in [0.25, 0.3) is 0 Å². The van der Waals surface area contributed by atoms with Gasteiger partial charge in [0.05, 0.1) is 32.1 Å². The van der Waals surface area contributed by atoms with E-state index in [2.05, 4.69) is 0 Å². The first-order valence-electron chi connectivity index (χ1n) is 7.98. The smallest absolute Gasteiger partial charge is 0.410 e. The molecule has 0 radical (unpaired) electrons. The van der Waals surface area contributed by atoms with Gasteiger partial charge in [-0.15, -0.1) is 0 Å². The number of carbonyl (C=O) groups is 3. The zero-order chi connectivity index (χ0) is 17.6. The Balaban J connectivity index is 2.69. The summed E-state index contributed by atoms with van der Waals surface area (Å²) in [6.45, 7) is 9.76. The SMILES string of the molecule is CCOC(=O)CC1CN(C(=O)OC(C)(C)C)C1CC(=O)OCC. The molecule has 0 aromatic heterocycles. The van der Waals surface area contributed by atoms with Gasteiger partial charge in [0.1, 0.15) is 5.60 Å². The standard InChI is InChI=1S/C16H27NO6/c1-6-21-13(18)8-11-10-17(15(20)23-16(3,4)5)12(11)9-14(19)22-7-2/h11-12H,6-10H2,1-5H3. The van der Waals surface area contributed by atoms with Crippen LogP contribution in [0.5, 0.6) is 0 Å². The van der Waals surface area contributed by atoms with E-state index in [1.807, 2.05) is 0 Å². The van der Waals surface area contributed by atoms with Crippen molar-refractivity contribution >= 4 is 18.0 Å². The van der Waals surface area contributed by atoms with E-state index in [-0.39, 0.29) is 37.3 Å². The van der Waals surface area contributed by atoms with Crippen molar-refractivity contribution in [3.63, 3.8) is 0 Å². The van der Waals surface area contributed by atoms with Crippen molar-refractivity contribution in [1.82, 2.24) is 4.90 Å². The first-order valence-corrected chi connectivity index (χ1v) is 7.98. The fourth-order valence-corrected chi connectivity index (χ4v) is 2.46. The summed E-state index contributed by atoms with van der Waals surface area (Å²) in [5, 5.41) is 0. The lowest BCUT2D eigenvalue weighted by Gasteiger charge is -2.47. The molecule has 23 heavy (non-hydrogen) atoms. The zero-order valence-corrected chi connectivity index (χ0v) is 14.6. The molecule has 132 valence electrons. The van der Waals surface area contributed by atoms with E-state index in [0.29, 0.717) is 13.2 Å². The van der Waals surface area contributed by atoms with E-state index < -0.39 is 17.7 Å². The maximum atomic E-state index is 12.2. The first kappa shape index (κ1) is 19.3.